The van der Waals surface area contributed by atoms with Crippen molar-refractivity contribution in [1.29, 1.82) is 0 Å². The molecule has 0 aliphatic heterocycles. The van der Waals surface area contributed by atoms with Gasteiger partial charge in [-0.25, -0.2) is 0 Å². The Labute approximate surface area is 161 Å². The van der Waals surface area contributed by atoms with Gasteiger partial charge in [-0.1, -0.05) is 0 Å². The van der Waals surface area contributed by atoms with E-state index in [1.165, 1.54) is 0 Å². The summed E-state index contributed by atoms with van der Waals surface area (Å²) in [5.41, 5.74) is 0.811. The lowest BCUT2D eigenvalue weighted by Gasteiger charge is -2.13. The number of aromatic nitrogens is 1. The van der Waals surface area contributed by atoms with Crippen LogP contribution in [0.2, 0.25) is 0 Å². The first kappa shape index (κ1) is 23.0. The third-order valence-corrected chi connectivity index (χ3v) is 3.05. The zero-order valence-electron chi connectivity index (χ0n) is 14.4. The molecule has 3 N–H and O–H groups in total. The van der Waals surface area contributed by atoms with Crippen molar-refractivity contribution < 1.29 is 14.6 Å². The second kappa shape index (κ2) is 15.6. The Morgan fingerprint density at radius 3 is 2.67 bits per heavy atom. The molecule has 24 heavy (non-hydrogen) atoms. The number of nitrogens with zero attached hydrogens (tertiary/aromatic N) is 2. The van der Waals surface area contributed by atoms with Crippen LogP contribution < -0.4 is 10.6 Å². The van der Waals surface area contributed by atoms with E-state index >= 15 is 0 Å². The first-order valence-corrected chi connectivity index (χ1v) is 7.94. The minimum atomic E-state index is -0.633. The Bertz CT molecular complexity index is 435. The Morgan fingerprint density at radius 1 is 1.25 bits per heavy atom. The second-order valence-corrected chi connectivity index (χ2v) is 4.90. The number of guanidine groups is 1. The van der Waals surface area contributed by atoms with E-state index in [1.54, 1.807) is 31.6 Å². The lowest BCUT2D eigenvalue weighted by Crippen LogP contribution is -2.38. The highest BCUT2D eigenvalue weighted by Crippen LogP contribution is 2.10. The van der Waals surface area contributed by atoms with Gasteiger partial charge in [0.2, 0.25) is 0 Å². The van der Waals surface area contributed by atoms with Crippen molar-refractivity contribution in [1.82, 2.24) is 15.6 Å². The van der Waals surface area contributed by atoms with Crippen molar-refractivity contribution in [2.45, 2.75) is 19.4 Å². The Morgan fingerprint density at radius 2 is 2.00 bits per heavy atom. The molecule has 7 nitrogen and oxygen atoms in total. The van der Waals surface area contributed by atoms with Crippen LogP contribution in [0.1, 0.15) is 25.0 Å². The smallest absolute Gasteiger partial charge is 0.191 e. The number of pyridine rings is 1. The third kappa shape index (κ3) is 10.7. The molecule has 0 fully saturated rings. The summed E-state index contributed by atoms with van der Waals surface area (Å²) in [6, 6.07) is 3.58. The van der Waals surface area contributed by atoms with E-state index < -0.39 is 6.10 Å². The van der Waals surface area contributed by atoms with Crippen LogP contribution in [0.25, 0.3) is 0 Å². The van der Waals surface area contributed by atoms with E-state index in [-0.39, 0.29) is 24.0 Å². The molecule has 1 unspecified atom stereocenters. The SMILES string of the molecule is CCNC(=NCC(O)c1ccncc1)NCCCOCCOC.I. The van der Waals surface area contributed by atoms with Gasteiger partial charge in [0.15, 0.2) is 5.96 Å². The van der Waals surface area contributed by atoms with Crippen LogP contribution in [-0.2, 0) is 9.47 Å². The number of methoxy groups -OCH3 is 1. The topological polar surface area (TPSA) is 88.0 Å². The van der Waals surface area contributed by atoms with Crippen molar-refractivity contribution >= 4 is 29.9 Å². The highest BCUT2D eigenvalue weighted by molar-refractivity contribution is 14.0. The van der Waals surface area contributed by atoms with E-state index in [9.17, 15) is 5.11 Å². The van der Waals surface area contributed by atoms with Gasteiger partial charge < -0.3 is 25.2 Å². The molecule has 1 rings (SSSR count). The summed E-state index contributed by atoms with van der Waals surface area (Å²) < 4.78 is 10.3. The molecule has 0 bridgehead atoms. The molecule has 138 valence electrons. The molecule has 0 amide bonds. The van der Waals surface area contributed by atoms with Crippen LogP contribution in [0.4, 0.5) is 0 Å². The molecule has 0 aliphatic carbocycles. The third-order valence-electron chi connectivity index (χ3n) is 3.05. The number of ether oxygens (including phenoxy) is 2. The Kier molecular flexibility index (Phi) is 14.9. The van der Waals surface area contributed by atoms with Crippen LogP contribution in [-0.4, -0.2) is 62.6 Å². The summed E-state index contributed by atoms with van der Waals surface area (Å²) in [5.74, 6) is 0.692. The van der Waals surface area contributed by atoms with Crippen LogP contribution in [0.3, 0.4) is 0 Å². The maximum atomic E-state index is 10.1. The molecule has 0 saturated heterocycles. The molecule has 0 saturated carbocycles. The van der Waals surface area contributed by atoms with Gasteiger partial charge >= 0.3 is 0 Å². The maximum absolute atomic E-state index is 10.1. The van der Waals surface area contributed by atoms with Gasteiger partial charge in [0.05, 0.1) is 25.9 Å². The largest absolute Gasteiger partial charge is 0.386 e. The van der Waals surface area contributed by atoms with Crippen molar-refractivity contribution in [2.24, 2.45) is 4.99 Å². The fourth-order valence-electron chi connectivity index (χ4n) is 1.84. The molecular formula is C16H29IN4O3. The Balaban J connectivity index is 0.00000529. The zero-order chi connectivity index (χ0) is 16.8. The number of hydrogen-bond donors (Lipinski definition) is 3. The van der Waals surface area contributed by atoms with E-state index in [1.807, 2.05) is 6.92 Å². The van der Waals surface area contributed by atoms with E-state index in [4.69, 9.17) is 9.47 Å². The van der Waals surface area contributed by atoms with Crippen molar-refractivity contribution in [3.05, 3.63) is 30.1 Å². The summed E-state index contributed by atoms with van der Waals surface area (Å²) in [6.07, 6.45) is 3.57. The number of aliphatic hydroxyl groups is 1. The predicted molar refractivity (Wildman–Crippen MR) is 106 cm³/mol. The lowest BCUT2D eigenvalue weighted by atomic mass is 10.1. The van der Waals surface area contributed by atoms with Gasteiger partial charge in [0.1, 0.15) is 0 Å². The van der Waals surface area contributed by atoms with Gasteiger partial charge in [-0.3, -0.25) is 9.98 Å². The average molecular weight is 452 g/mol. The molecule has 0 aliphatic rings. The first-order valence-electron chi connectivity index (χ1n) is 7.94. The number of halogens is 1. The highest BCUT2D eigenvalue weighted by atomic mass is 127. The van der Waals surface area contributed by atoms with Crippen LogP contribution in [0, 0.1) is 0 Å². The van der Waals surface area contributed by atoms with Crippen molar-refractivity contribution in [3.8, 4) is 0 Å². The summed E-state index contributed by atoms with van der Waals surface area (Å²) in [7, 11) is 1.66. The summed E-state index contributed by atoms with van der Waals surface area (Å²) in [5, 5.41) is 16.5. The van der Waals surface area contributed by atoms with Crippen molar-refractivity contribution in [2.75, 3.05) is 46.6 Å². The standard InChI is InChI=1S/C16H28N4O3.HI/c1-3-18-16(19-7-4-10-23-12-11-22-2)20-13-15(21)14-5-8-17-9-6-14;/h5-6,8-9,15,21H,3-4,7,10-13H2,1-2H3,(H2,18,19,20);1H. The van der Waals surface area contributed by atoms with Gasteiger partial charge in [-0.2, -0.15) is 0 Å². The van der Waals surface area contributed by atoms with E-state index in [0.717, 1.165) is 25.1 Å². The summed E-state index contributed by atoms with van der Waals surface area (Å²) >= 11 is 0. The minimum absolute atomic E-state index is 0. The van der Waals surface area contributed by atoms with Crippen LogP contribution in [0.5, 0.6) is 0 Å². The molecule has 1 heterocycles. The average Bonchev–Trinajstić information content (AvgIpc) is 2.59. The second-order valence-electron chi connectivity index (χ2n) is 4.90. The monoisotopic (exact) mass is 452 g/mol. The molecule has 0 radical (unpaired) electrons. The zero-order valence-corrected chi connectivity index (χ0v) is 16.7. The molecule has 1 aromatic rings. The number of aliphatic hydroxyl groups excluding tert-OH is 1. The predicted octanol–water partition coefficient (Wildman–Crippen LogP) is 1.34. The maximum Gasteiger partial charge on any atom is 0.191 e. The number of hydrogen-bond acceptors (Lipinski definition) is 5. The van der Waals surface area contributed by atoms with E-state index in [0.29, 0.717) is 32.3 Å². The van der Waals surface area contributed by atoms with Gasteiger partial charge in [0, 0.05) is 39.2 Å². The van der Waals surface area contributed by atoms with Gasteiger partial charge in [0.25, 0.3) is 0 Å². The number of nitrogens with one attached hydrogen (secondary N) is 2. The molecule has 1 atom stereocenters. The summed E-state index contributed by atoms with van der Waals surface area (Å²) in [4.78, 5) is 8.34. The lowest BCUT2D eigenvalue weighted by molar-refractivity contribution is 0.0698. The molecule has 0 spiro atoms. The van der Waals surface area contributed by atoms with Crippen molar-refractivity contribution in [3.63, 3.8) is 0 Å². The first-order chi connectivity index (χ1) is 11.3. The number of aliphatic imine (C=N–C) groups is 1. The van der Waals surface area contributed by atoms with Crippen LogP contribution >= 0.6 is 24.0 Å². The molecule has 1 aromatic heterocycles. The van der Waals surface area contributed by atoms with E-state index in [2.05, 4.69) is 20.6 Å². The molecule has 0 aromatic carbocycles. The van der Waals surface area contributed by atoms with Crippen LogP contribution in [0.15, 0.2) is 29.5 Å². The fourth-order valence-corrected chi connectivity index (χ4v) is 1.84. The quantitative estimate of drug-likeness (QED) is 0.203. The summed E-state index contributed by atoms with van der Waals surface area (Å²) in [6.45, 7) is 5.72. The molecular weight excluding hydrogens is 423 g/mol. The van der Waals surface area contributed by atoms with Gasteiger partial charge in [-0.05, 0) is 31.0 Å². The number of rotatable bonds is 11. The minimum Gasteiger partial charge on any atom is -0.386 e. The van der Waals surface area contributed by atoms with Gasteiger partial charge in [-0.15, -0.1) is 24.0 Å². The normalized spacial score (nSPS) is 12.4. The fraction of sp³-hybridized carbons (Fsp3) is 0.625. The Hall–Kier alpha value is -0.970. The highest BCUT2D eigenvalue weighted by Gasteiger charge is 2.06. The molecule has 8 heteroatoms.